The molecule has 0 radical (unpaired) electrons. The van der Waals surface area contributed by atoms with E-state index in [1.807, 2.05) is 0 Å². The van der Waals surface area contributed by atoms with E-state index in [0.29, 0.717) is 21.4 Å². The van der Waals surface area contributed by atoms with Gasteiger partial charge in [-0.05, 0) is 30.3 Å². The third-order valence-electron chi connectivity index (χ3n) is 4.40. The van der Waals surface area contributed by atoms with Crippen LogP contribution in [-0.4, -0.2) is 29.3 Å². The number of rotatable bonds is 8. The maximum atomic E-state index is 12.6. The van der Waals surface area contributed by atoms with Gasteiger partial charge < -0.3 is 14.6 Å². The number of benzene rings is 3. The lowest BCUT2D eigenvalue weighted by atomic mass is 10.2. The van der Waals surface area contributed by atoms with Gasteiger partial charge in [-0.2, -0.15) is 5.10 Å². The number of hydrogen-bond donors (Lipinski definition) is 2. The zero-order chi connectivity index (χ0) is 24.0. The Bertz CT molecular complexity index is 1230. The fourth-order valence-corrected chi connectivity index (χ4v) is 3.25. The second-order valence-corrected chi connectivity index (χ2v) is 7.41. The Labute approximate surface area is 198 Å². The first-order chi connectivity index (χ1) is 15.8. The number of phenolic OH excluding ortho intramolecular Hbond substituents is 1. The molecule has 2 N–H and O–H groups in total. The molecule has 170 valence electrons. The molecule has 9 nitrogen and oxygen atoms in total. The van der Waals surface area contributed by atoms with Crippen LogP contribution < -0.4 is 14.9 Å². The predicted molar refractivity (Wildman–Crippen MR) is 124 cm³/mol. The van der Waals surface area contributed by atoms with Crippen molar-refractivity contribution in [2.24, 2.45) is 5.10 Å². The van der Waals surface area contributed by atoms with Gasteiger partial charge >= 0.3 is 5.69 Å². The second-order valence-electron chi connectivity index (χ2n) is 6.57. The molecule has 0 saturated heterocycles. The van der Waals surface area contributed by atoms with Crippen molar-refractivity contribution >= 4 is 41.0 Å². The maximum Gasteiger partial charge on any atom is 0.315 e. The van der Waals surface area contributed by atoms with Gasteiger partial charge in [-0.25, -0.2) is 5.43 Å². The summed E-state index contributed by atoms with van der Waals surface area (Å²) in [5, 5.41) is 25.7. The summed E-state index contributed by atoms with van der Waals surface area (Å²) < 4.78 is 10.7. The van der Waals surface area contributed by atoms with Gasteiger partial charge in [0.1, 0.15) is 12.4 Å². The van der Waals surface area contributed by atoms with Crippen molar-refractivity contribution in [2.45, 2.75) is 6.61 Å². The number of amides is 1. The zero-order valence-electron chi connectivity index (χ0n) is 17.1. The number of para-hydroxylation sites is 1. The van der Waals surface area contributed by atoms with Gasteiger partial charge in [0, 0.05) is 27.2 Å². The van der Waals surface area contributed by atoms with Crippen LogP contribution in [0.3, 0.4) is 0 Å². The molecule has 0 spiro atoms. The average molecular weight is 490 g/mol. The Morgan fingerprint density at radius 1 is 1.18 bits per heavy atom. The lowest BCUT2D eigenvalue weighted by molar-refractivity contribution is -0.386. The van der Waals surface area contributed by atoms with Crippen LogP contribution >= 0.6 is 23.2 Å². The number of carbonyl (C=O) groups is 1. The van der Waals surface area contributed by atoms with Crippen LogP contribution in [-0.2, 0) is 6.61 Å². The van der Waals surface area contributed by atoms with Crippen molar-refractivity contribution in [1.82, 2.24) is 5.43 Å². The summed E-state index contributed by atoms with van der Waals surface area (Å²) in [4.78, 5) is 22.9. The number of nitrogens with zero attached hydrogens (tertiary/aromatic N) is 2. The van der Waals surface area contributed by atoms with Crippen LogP contribution in [0.15, 0.2) is 59.7 Å². The summed E-state index contributed by atoms with van der Waals surface area (Å²) in [5.74, 6) is -0.963. The minimum absolute atomic E-state index is 0.100. The van der Waals surface area contributed by atoms with Crippen molar-refractivity contribution in [3.05, 3.63) is 91.4 Å². The normalized spacial score (nSPS) is 10.8. The van der Waals surface area contributed by atoms with Gasteiger partial charge in [-0.1, -0.05) is 41.4 Å². The molecule has 11 heteroatoms. The minimum Gasteiger partial charge on any atom is -0.500 e. The lowest BCUT2D eigenvalue weighted by Gasteiger charge is -2.11. The number of phenols is 1. The van der Waals surface area contributed by atoms with Crippen molar-refractivity contribution in [3.63, 3.8) is 0 Å². The van der Waals surface area contributed by atoms with Gasteiger partial charge in [0.15, 0.2) is 5.75 Å². The molecule has 0 bridgehead atoms. The maximum absolute atomic E-state index is 12.6. The van der Waals surface area contributed by atoms with Crippen molar-refractivity contribution in [3.8, 4) is 17.2 Å². The zero-order valence-corrected chi connectivity index (χ0v) is 18.6. The van der Waals surface area contributed by atoms with Gasteiger partial charge in [-0.15, -0.1) is 0 Å². The average Bonchev–Trinajstić information content (AvgIpc) is 2.79. The molecular formula is C22H17Cl2N3O6. The Balaban J connectivity index is 1.73. The number of nitro groups is 1. The van der Waals surface area contributed by atoms with Crippen molar-refractivity contribution in [2.75, 3.05) is 7.11 Å². The Morgan fingerprint density at radius 2 is 1.94 bits per heavy atom. The van der Waals surface area contributed by atoms with E-state index in [9.17, 15) is 20.0 Å². The van der Waals surface area contributed by atoms with Gasteiger partial charge in [-0.3, -0.25) is 14.9 Å². The highest BCUT2D eigenvalue weighted by Crippen LogP contribution is 2.36. The topological polar surface area (TPSA) is 123 Å². The largest absolute Gasteiger partial charge is 0.500 e. The number of hydrazone groups is 1. The first kappa shape index (κ1) is 23.8. The molecule has 0 unspecified atom stereocenters. The van der Waals surface area contributed by atoms with E-state index >= 15 is 0 Å². The molecule has 0 atom stereocenters. The predicted octanol–water partition coefficient (Wildman–Crippen LogP) is 4.96. The number of carbonyl (C=O) groups excluding carboxylic acids is 1. The van der Waals surface area contributed by atoms with E-state index in [0.717, 1.165) is 6.07 Å². The summed E-state index contributed by atoms with van der Waals surface area (Å²) in [6.45, 7) is 0.112. The molecule has 33 heavy (non-hydrogen) atoms. The van der Waals surface area contributed by atoms with Crippen LogP contribution in [0.1, 0.15) is 21.5 Å². The van der Waals surface area contributed by atoms with Crippen LogP contribution in [0, 0.1) is 10.1 Å². The Hall–Kier alpha value is -3.82. The molecule has 3 aromatic carbocycles. The first-order valence-electron chi connectivity index (χ1n) is 9.34. The molecule has 0 fully saturated rings. The number of nitro benzene ring substituents is 1. The van der Waals surface area contributed by atoms with Crippen LogP contribution in [0.2, 0.25) is 10.0 Å². The lowest BCUT2D eigenvalue weighted by Crippen LogP contribution is -2.18. The number of ether oxygens (including phenoxy) is 2. The molecule has 3 rings (SSSR count). The summed E-state index contributed by atoms with van der Waals surface area (Å²) in [7, 11) is 1.26. The molecule has 0 saturated carbocycles. The quantitative estimate of drug-likeness (QED) is 0.262. The van der Waals surface area contributed by atoms with E-state index in [-0.39, 0.29) is 23.5 Å². The monoisotopic (exact) mass is 489 g/mol. The van der Waals surface area contributed by atoms with Crippen molar-refractivity contribution < 1.29 is 24.3 Å². The Kier molecular flexibility index (Phi) is 7.70. The third kappa shape index (κ3) is 5.91. The minimum atomic E-state index is -0.756. The summed E-state index contributed by atoms with van der Waals surface area (Å²) >= 11 is 12.1. The van der Waals surface area contributed by atoms with Crippen LogP contribution in [0.4, 0.5) is 5.69 Å². The number of methoxy groups -OCH3 is 1. The molecule has 0 heterocycles. The second kappa shape index (κ2) is 10.7. The Morgan fingerprint density at radius 3 is 2.64 bits per heavy atom. The third-order valence-corrected chi connectivity index (χ3v) is 4.99. The molecule has 0 aliphatic rings. The van der Waals surface area contributed by atoms with Gasteiger partial charge in [0.2, 0.25) is 5.75 Å². The fraction of sp³-hybridized carbons (Fsp3) is 0.0909. The van der Waals surface area contributed by atoms with Gasteiger partial charge in [0.25, 0.3) is 5.91 Å². The summed E-state index contributed by atoms with van der Waals surface area (Å²) in [6.07, 6.45) is 1.18. The SMILES string of the molecule is COc1cc(/C=N/NC(=O)c2ccccc2OCc2ccc(Cl)cc2Cl)cc([N+](=O)[O-])c1O. The summed E-state index contributed by atoms with van der Waals surface area (Å²) in [6, 6.07) is 14.0. The van der Waals surface area contributed by atoms with Crippen LogP contribution in [0.25, 0.3) is 0 Å². The molecular weight excluding hydrogens is 473 g/mol. The van der Waals surface area contributed by atoms with Crippen LogP contribution in [0.5, 0.6) is 17.2 Å². The standard InChI is InChI=1S/C22H17Cl2N3O6/c1-32-20-9-13(8-18(21(20)28)27(30)31)11-25-26-22(29)16-4-2-3-5-19(16)33-12-14-6-7-15(23)10-17(14)24/h2-11,28H,12H2,1H3,(H,26,29)/b25-11+. The van der Waals surface area contributed by atoms with E-state index < -0.39 is 22.3 Å². The van der Waals surface area contributed by atoms with Gasteiger partial charge in [0.05, 0.1) is 23.8 Å². The molecule has 0 aromatic heterocycles. The van der Waals surface area contributed by atoms with E-state index in [2.05, 4.69) is 10.5 Å². The summed E-state index contributed by atoms with van der Waals surface area (Å²) in [5.41, 5.74) is 2.93. The van der Waals surface area contributed by atoms with E-state index in [1.54, 1.807) is 42.5 Å². The number of halogens is 2. The molecule has 3 aromatic rings. The molecule has 0 aliphatic carbocycles. The molecule has 0 aliphatic heterocycles. The van der Waals surface area contributed by atoms with E-state index in [1.165, 1.54) is 19.4 Å². The number of nitrogens with one attached hydrogen (secondary N) is 1. The first-order valence-corrected chi connectivity index (χ1v) is 10.1. The highest BCUT2D eigenvalue weighted by atomic mass is 35.5. The highest BCUT2D eigenvalue weighted by molar-refractivity contribution is 6.35. The van der Waals surface area contributed by atoms with E-state index in [4.69, 9.17) is 32.7 Å². The highest BCUT2D eigenvalue weighted by Gasteiger charge is 2.19. The van der Waals surface area contributed by atoms with Crippen molar-refractivity contribution in [1.29, 1.82) is 0 Å². The number of hydrogen-bond acceptors (Lipinski definition) is 7. The molecule has 1 amide bonds. The fourth-order valence-electron chi connectivity index (χ4n) is 2.78. The smallest absolute Gasteiger partial charge is 0.315 e. The number of aromatic hydroxyl groups is 1.